The molecule has 0 saturated carbocycles. The van der Waals surface area contributed by atoms with Crippen molar-refractivity contribution in [2.24, 2.45) is 7.05 Å². The predicted molar refractivity (Wildman–Crippen MR) is 67.1 cm³/mol. The fraction of sp³-hybridized carbons (Fsp3) is 0.231. The number of anilines is 1. The fourth-order valence-electron chi connectivity index (χ4n) is 1.60. The lowest BCUT2D eigenvalue weighted by Crippen LogP contribution is -2.12. The van der Waals surface area contributed by atoms with Crippen LogP contribution in [0.15, 0.2) is 30.5 Å². The Morgan fingerprint density at radius 3 is 2.71 bits per heavy atom. The zero-order valence-corrected chi connectivity index (χ0v) is 10.2. The van der Waals surface area contributed by atoms with E-state index in [9.17, 15) is 4.79 Å². The fourth-order valence-corrected chi connectivity index (χ4v) is 1.60. The number of aryl methyl sites for hydroxylation is 2. The molecule has 0 spiro atoms. The summed E-state index contributed by atoms with van der Waals surface area (Å²) < 4.78 is 1.73. The number of hydrogen-bond acceptors (Lipinski definition) is 2. The summed E-state index contributed by atoms with van der Waals surface area (Å²) in [6.45, 7) is 3.88. The molecule has 17 heavy (non-hydrogen) atoms. The van der Waals surface area contributed by atoms with Gasteiger partial charge in [0.2, 0.25) is 0 Å². The molecule has 1 amide bonds. The van der Waals surface area contributed by atoms with Crippen LogP contribution in [0, 0.1) is 13.8 Å². The molecule has 1 N–H and O–H groups in total. The Morgan fingerprint density at radius 2 is 2.12 bits per heavy atom. The van der Waals surface area contributed by atoms with Crippen molar-refractivity contribution in [3.63, 3.8) is 0 Å². The number of nitrogens with zero attached hydrogens (tertiary/aromatic N) is 2. The van der Waals surface area contributed by atoms with E-state index in [2.05, 4.69) is 10.4 Å². The van der Waals surface area contributed by atoms with Crippen LogP contribution in [-0.4, -0.2) is 15.7 Å². The minimum Gasteiger partial charge on any atom is -0.319 e. The summed E-state index contributed by atoms with van der Waals surface area (Å²) in [5, 5.41) is 6.93. The standard InChI is InChI=1S/C13H15N3O/c1-9-5-4-6-11(7-9)13(17)15-12-8-14-16(3)10(12)2/h4-8H,1-3H3,(H,15,17). The molecule has 1 heterocycles. The van der Waals surface area contributed by atoms with Gasteiger partial charge in [-0.25, -0.2) is 0 Å². The van der Waals surface area contributed by atoms with Crippen LogP contribution >= 0.6 is 0 Å². The van der Waals surface area contributed by atoms with Gasteiger partial charge < -0.3 is 5.32 Å². The Morgan fingerprint density at radius 1 is 1.35 bits per heavy atom. The van der Waals surface area contributed by atoms with Gasteiger partial charge in [-0.1, -0.05) is 17.7 Å². The normalized spacial score (nSPS) is 10.3. The molecule has 4 nitrogen and oxygen atoms in total. The van der Waals surface area contributed by atoms with Gasteiger partial charge in [-0.15, -0.1) is 0 Å². The summed E-state index contributed by atoms with van der Waals surface area (Å²) in [5.74, 6) is -0.107. The maximum absolute atomic E-state index is 12.0. The van der Waals surface area contributed by atoms with E-state index in [4.69, 9.17) is 0 Å². The van der Waals surface area contributed by atoms with Crippen LogP contribution in [0.1, 0.15) is 21.6 Å². The van der Waals surface area contributed by atoms with Crippen molar-refractivity contribution < 1.29 is 4.79 Å². The second-order valence-electron chi connectivity index (χ2n) is 4.09. The van der Waals surface area contributed by atoms with Crippen LogP contribution in [0.5, 0.6) is 0 Å². The maximum atomic E-state index is 12.0. The molecule has 88 valence electrons. The van der Waals surface area contributed by atoms with E-state index in [1.807, 2.05) is 39.1 Å². The van der Waals surface area contributed by atoms with Gasteiger partial charge in [0.1, 0.15) is 0 Å². The lowest BCUT2D eigenvalue weighted by Gasteiger charge is -2.05. The summed E-state index contributed by atoms with van der Waals surface area (Å²) in [7, 11) is 1.84. The van der Waals surface area contributed by atoms with E-state index < -0.39 is 0 Å². The molecular weight excluding hydrogens is 214 g/mol. The van der Waals surface area contributed by atoms with E-state index in [0.29, 0.717) is 5.56 Å². The van der Waals surface area contributed by atoms with E-state index in [-0.39, 0.29) is 5.91 Å². The third kappa shape index (κ3) is 2.36. The third-order valence-electron chi connectivity index (χ3n) is 2.76. The molecule has 0 aliphatic rings. The molecule has 4 heteroatoms. The summed E-state index contributed by atoms with van der Waals surface area (Å²) in [6, 6.07) is 7.50. The van der Waals surface area contributed by atoms with Gasteiger partial charge in [0.15, 0.2) is 0 Å². The smallest absolute Gasteiger partial charge is 0.255 e. The molecule has 2 aromatic rings. The van der Waals surface area contributed by atoms with Crippen molar-refractivity contribution in [3.8, 4) is 0 Å². The molecule has 0 radical (unpaired) electrons. The first kappa shape index (κ1) is 11.4. The minimum atomic E-state index is -0.107. The molecule has 0 fully saturated rings. The Kier molecular flexibility index (Phi) is 2.95. The Balaban J connectivity index is 2.20. The van der Waals surface area contributed by atoms with E-state index in [1.54, 1.807) is 16.9 Å². The first-order chi connectivity index (χ1) is 8.08. The Bertz CT molecular complexity index is 558. The van der Waals surface area contributed by atoms with Crippen molar-refractivity contribution in [1.82, 2.24) is 9.78 Å². The largest absolute Gasteiger partial charge is 0.319 e. The monoisotopic (exact) mass is 229 g/mol. The average Bonchev–Trinajstić information content (AvgIpc) is 2.61. The molecule has 0 bridgehead atoms. The molecule has 0 unspecified atom stereocenters. The van der Waals surface area contributed by atoms with Gasteiger partial charge in [-0.05, 0) is 26.0 Å². The van der Waals surface area contributed by atoms with Gasteiger partial charge in [0, 0.05) is 12.6 Å². The van der Waals surface area contributed by atoms with Gasteiger partial charge in [0.25, 0.3) is 5.91 Å². The number of hydrogen-bond donors (Lipinski definition) is 1. The summed E-state index contributed by atoms with van der Waals surface area (Å²) in [4.78, 5) is 12.0. The summed E-state index contributed by atoms with van der Waals surface area (Å²) in [5.41, 5.74) is 3.42. The van der Waals surface area contributed by atoms with Gasteiger partial charge >= 0.3 is 0 Å². The zero-order valence-electron chi connectivity index (χ0n) is 10.2. The van der Waals surface area contributed by atoms with Crippen molar-refractivity contribution in [3.05, 3.63) is 47.3 Å². The van der Waals surface area contributed by atoms with E-state index in [0.717, 1.165) is 16.9 Å². The van der Waals surface area contributed by atoms with Crippen molar-refractivity contribution >= 4 is 11.6 Å². The van der Waals surface area contributed by atoms with Crippen LogP contribution in [0.2, 0.25) is 0 Å². The maximum Gasteiger partial charge on any atom is 0.255 e. The third-order valence-corrected chi connectivity index (χ3v) is 2.76. The number of nitrogens with one attached hydrogen (secondary N) is 1. The predicted octanol–water partition coefficient (Wildman–Crippen LogP) is 2.29. The highest BCUT2D eigenvalue weighted by molar-refractivity contribution is 6.04. The Hall–Kier alpha value is -2.10. The average molecular weight is 229 g/mol. The molecule has 0 aliphatic heterocycles. The first-order valence-electron chi connectivity index (χ1n) is 5.44. The topological polar surface area (TPSA) is 46.9 Å². The SMILES string of the molecule is Cc1cccc(C(=O)Nc2cnn(C)c2C)c1. The summed E-state index contributed by atoms with van der Waals surface area (Å²) in [6.07, 6.45) is 1.66. The minimum absolute atomic E-state index is 0.107. The molecule has 1 aromatic heterocycles. The number of amides is 1. The molecule has 1 aromatic carbocycles. The van der Waals surface area contributed by atoms with Crippen LogP contribution in [0.25, 0.3) is 0 Å². The highest BCUT2D eigenvalue weighted by Crippen LogP contribution is 2.14. The van der Waals surface area contributed by atoms with Gasteiger partial charge in [0.05, 0.1) is 17.6 Å². The van der Waals surface area contributed by atoms with Crippen molar-refractivity contribution in [2.75, 3.05) is 5.32 Å². The second kappa shape index (κ2) is 4.41. The zero-order chi connectivity index (χ0) is 12.4. The molecule has 0 aliphatic carbocycles. The van der Waals surface area contributed by atoms with Crippen LogP contribution in [0.3, 0.4) is 0 Å². The number of rotatable bonds is 2. The number of aromatic nitrogens is 2. The summed E-state index contributed by atoms with van der Waals surface area (Å²) >= 11 is 0. The lowest BCUT2D eigenvalue weighted by atomic mass is 10.1. The van der Waals surface area contributed by atoms with Crippen LogP contribution in [-0.2, 0) is 7.05 Å². The number of benzene rings is 1. The molecule has 0 saturated heterocycles. The Labute approximate surface area is 100 Å². The molecule has 0 atom stereocenters. The van der Waals surface area contributed by atoms with E-state index >= 15 is 0 Å². The quantitative estimate of drug-likeness (QED) is 0.858. The van der Waals surface area contributed by atoms with Gasteiger partial charge in [-0.2, -0.15) is 5.10 Å². The number of carbonyl (C=O) groups excluding carboxylic acids is 1. The highest BCUT2D eigenvalue weighted by Gasteiger charge is 2.09. The second-order valence-corrected chi connectivity index (χ2v) is 4.09. The molecular formula is C13H15N3O. The lowest BCUT2D eigenvalue weighted by molar-refractivity contribution is 0.102. The van der Waals surface area contributed by atoms with Crippen LogP contribution < -0.4 is 5.32 Å². The highest BCUT2D eigenvalue weighted by atomic mass is 16.1. The van der Waals surface area contributed by atoms with Crippen LogP contribution in [0.4, 0.5) is 5.69 Å². The van der Waals surface area contributed by atoms with Crippen molar-refractivity contribution in [1.29, 1.82) is 0 Å². The number of carbonyl (C=O) groups is 1. The molecule has 2 rings (SSSR count). The van der Waals surface area contributed by atoms with Crippen molar-refractivity contribution in [2.45, 2.75) is 13.8 Å². The first-order valence-corrected chi connectivity index (χ1v) is 5.44. The van der Waals surface area contributed by atoms with Gasteiger partial charge in [-0.3, -0.25) is 9.48 Å². The van der Waals surface area contributed by atoms with E-state index in [1.165, 1.54) is 0 Å².